The molecule has 5 heteroatoms. The van der Waals surface area contributed by atoms with Crippen molar-refractivity contribution in [3.8, 4) is 0 Å². The summed E-state index contributed by atoms with van der Waals surface area (Å²) in [5.74, 6) is -0.0545. The number of aryl methyl sites for hydroxylation is 1. The maximum Gasteiger partial charge on any atom is 0.251 e. The summed E-state index contributed by atoms with van der Waals surface area (Å²) in [7, 11) is 0. The number of carbonyl (C=O) groups is 2. The van der Waals surface area contributed by atoms with Crippen molar-refractivity contribution in [1.29, 1.82) is 0 Å². The first-order valence-electron chi connectivity index (χ1n) is 9.97. The minimum absolute atomic E-state index is 0.00439. The minimum Gasteiger partial charge on any atom is -0.352 e. The molecule has 0 saturated heterocycles. The number of nitrogens with two attached hydrogens (primary N) is 1. The largest absolute Gasteiger partial charge is 0.352 e. The first kappa shape index (κ1) is 20.1. The van der Waals surface area contributed by atoms with Crippen LogP contribution >= 0.6 is 0 Å². The molecular formula is C23H29N3O2. The SMILES string of the molecule is Cc1ccc(CNC(=O)c2cccc(CNC(=O)C3CCCC(N)C3)c2)cc1. The molecule has 0 radical (unpaired) electrons. The van der Waals surface area contributed by atoms with Crippen molar-refractivity contribution >= 4 is 11.8 Å². The Labute approximate surface area is 166 Å². The fraction of sp³-hybridized carbons (Fsp3) is 0.391. The molecule has 2 atom stereocenters. The third-order valence-electron chi connectivity index (χ3n) is 5.32. The maximum atomic E-state index is 12.4. The number of hydrogen-bond donors (Lipinski definition) is 3. The molecular weight excluding hydrogens is 350 g/mol. The van der Waals surface area contributed by atoms with Gasteiger partial charge in [0.1, 0.15) is 0 Å². The van der Waals surface area contributed by atoms with E-state index < -0.39 is 0 Å². The van der Waals surface area contributed by atoms with Gasteiger partial charge in [-0.2, -0.15) is 0 Å². The predicted molar refractivity (Wildman–Crippen MR) is 111 cm³/mol. The summed E-state index contributed by atoms with van der Waals surface area (Å²) in [4.78, 5) is 24.8. The van der Waals surface area contributed by atoms with Gasteiger partial charge in [0.2, 0.25) is 5.91 Å². The van der Waals surface area contributed by atoms with E-state index in [2.05, 4.69) is 10.6 Å². The van der Waals surface area contributed by atoms with Crippen molar-refractivity contribution in [3.05, 3.63) is 70.8 Å². The second-order valence-electron chi connectivity index (χ2n) is 7.71. The lowest BCUT2D eigenvalue weighted by Crippen LogP contribution is -2.37. The zero-order valence-electron chi connectivity index (χ0n) is 16.4. The predicted octanol–water partition coefficient (Wildman–Crippen LogP) is 3.06. The van der Waals surface area contributed by atoms with E-state index in [1.165, 1.54) is 5.56 Å². The van der Waals surface area contributed by atoms with Crippen LogP contribution in [0.1, 0.15) is 52.7 Å². The molecule has 2 amide bonds. The Kier molecular flexibility index (Phi) is 6.82. The molecule has 1 aliphatic rings. The Morgan fingerprint density at radius 3 is 2.50 bits per heavy atom. The number of hydrogen-bond acceptors (Lipinski definition) is 3. The van der Waals surface area contributed by atoms with Crippen LogP contribution in [0.3, 0.4) is 0 Å². The summed E-state index contributed by atoms with van der Waals surface area (Å²) in [5.41, 5.74) is 9.74. The van der Waals surface area contributed by atoms with E-state index >= 15 is 0 Å². The molecule has 0 heterocycles. The zero-order valence-corrected chi connectivity index (χ0v) is 16.4. The third kappa shape index (κ3) is 5.67. The Balaban J connectivity index is 1.52. The zero-order chi connectivity index (χ0) is 19.9. The molecule has 0 aliphatic heterocycles. The van der Waals surface area contributed by atoms with Gasteiger partial charge < -0.3 is 16.4 Å². The average Bonchev–Trinajstić information content (AvgIpc) is 2.71. The molecule has 3 rings (SSSR count). The highest BCUT2D eigenvalue weighted by molar-refractivity contribution is 5.94. The van der Waals surface area contributed by atoms with Crippen LogP contribution in [0.15, 0.2) is 48.5 Å². The van der Waals surface area contributed by atoms with Gasteiger partial charge >= 0.3 is 0 Å². The molecule has 5 nitrogen and oxygen atoms in total. The van der Waals surface area contributed by atoms with E-state index in [0.717, 1.165) is 36.8 Å². The maximum absolute atomic E-state index is 12.4. The molecule has 1 fully saturated rings. The van der Waals surface area contributed by atoms with E-state index in [1.807, 2.05) is 49.4 Å². The number of benzene rings is 2. The topological polar surface area (TPSA) is 84.2 Å². The van der Waals surface area contributed by atoms with E-state index in [1.54, 1.807) is 6.07 Å². The quantitative estimate of drug-likeness (QED) is 0.721. The van der Waals surface area contributed by atoms with Crippen molar-refractivity contribution in [2.24, 2.45) is 11.7 Å². The number of carbonyl (C=O) groups excluding carboxylic acids is 2. The Hall–Kier alpha value is -2.66. The van der Waals surface area contributed by atoms with Crippen molar-refractivity contribution in [3.63, 3.8) is 0 Å². The van der Waals surface area contributed by atoms with Gasteiger partial charge in [0.25, 0.3) is 5.91 Å². The lowest BCUT2D eigenvalue weighted by atomic mass is 9.85. The second-order valence-corrected chi connectivity index (χ2v) is 7.71. The Morgan fingerprint density at radius 1 is 1.00 bits per heavy atom. The van der Waals surface area contributed by atoms with Crippen LogP contribution in [0, 0.1) is 12.8 Å². The molecule has 2 aromatic rings. The highest BCUT2D eigenvalue weighted by Gasteiger charge is 2.25. The average molecular weight is 380 g/mol. The van der Waals surface area contributed by atoms with Crippen molar-refractivity contribution in [1.82, 2.24) is 10.6 Å². The highest BCUT2D eigenvalue weighted by Crippen LogP contribution is 2.23. The van der Waals surface area contributed by atoms with Gasteiger partial charge in [0.05, 0.1) is 0 Å². The first-order chi connectivity index (χ1) is 13.5. The van der Waals surface area contributed by atoms with Gasteiger partial charge in [0.15, 0.2) is 0 Å². The minimum atomic E-state index is -0.119. The monoisotopic (exact) mass is 379 g/mol. The van der Waals surface area contributed by atoms with Crippen LogP contribution in [-0.2, 0) is 17.9 Å². The second kappa shape index (κ2) is 9.51. The van der Waals surface area contributed by atoms with E-state index in [4.69, 9.17) is 5.73 Å². The van der Waals surface area contributed by atoms with Crippen LogP contribution in [0.2, 0.25) is 0 Å². The summed E-state index contributed by atoms with van der Waals surface area (Å²) >= 11 is 0. The van der Waals surface area contributed by atoms with Crippen LogP contribution in [0.25, 0.3) is 0 Å². The molecule has 0 spiro atoms. The smallest absolute Gasteiger partial charge is 0.251 e. The van der Waals surface area contributed by atoms with Crippen LogP contribution in [-0.4, -0.2) is 17.9 Å². The molecule has 4 N–H and O–H groups in total. The van der Waals surface area contributed by atoms with Gasteiger partial charge in [-0.15, -0.1) is 0 Å². The summed E-state index contributed by atoms with van der Waals surface area (Å²) in [6.45, 7) is 2.95. The molecule has 148 valence electrons. The summed E-state index contributed by atoms with van der Waals surface area (Å²) in [6, 6.07) is 15.6. The molecule has 2 aromatic carbocycles. The Morgan fingerprint density at radius 2 is 1.75 bits per heavy atom. The molecule has 0 bridgehead atoms. The Bertz CT molecular complexity index is 817. The summed E-state index contributed by atoms with van der Waals surface area (Å²) in [5, 5.41) is 5.94. The van der Waals surface area contributed by atoms with Crippen LogP contribution < -0.4 is 16.4 Å². The number of nitrogens with one attached hydrogen (secondary N) is 2. The first-order valence-corrected chi connectivity index (χ1v) is 9.97. The van der Waals surface area contributed by atoms with Gasteiger partial charge in [-0.05, 0) is 49.4 Å². The fourth-order valence-corrected chi connectivity index (χ4v) is 3.61. The lowest BCUT2D eigenvalue weighted by Gasteiger charge is -2.25. The van der Waals surface area contributed by atoms with Crippen molar-refractivity contribution in [2.75, 3.05) is 0 Å². The fourth-order valence-electron chi connectivity index (χ4n) is 3.61. The van der Waals surface area contributed by atoms with Gasteiger partial charge in [-0.3, -0.25) is 9.59 Å². The third-order valence-corrected chi connectivity index (χ3v) is 5.32. The summed E-state index contributed by atoms with van der Waals surface area (Å²) in [6.07, 6.45) is 3.67. The van der Waals surface area contributed by atoms with E-state index in [0.29, 0.717) is 18.7 Å². The molecule has 2 unspecified atom stereocenters. The molecule has 1 saturated carbocycles. The van der Waals surface area contributed by atoms with Crippen LogP contribution in [0.4, 0.5) is 0 Å². The lowest BCUT2D eigenvalue weighted by molar-refractivity contribution is -0.126. The molecule has 28 heavy (non-hydrogen) atoms. The molecule has 1 aliphatic carbocycles. The van der Waals surface area contributed by atoms with Gasteiger partial charge in [0, 0.05) is 30.6 Å². The highest BCUT2D eigenvalue weighted by atomic mass is 16.2. The van der Waals surface area contributed by atoms with E-state index in [9.17, 15) is 9.59 Å². The normalized spacial score (nSPS) is 19.1. The van der Waals surface area contributed by atoms with Crippen LogP contribution in [0.5, 0.6) is 0 Å². The van der Waals surface area contributed by atoms with Crippen molar-refractivity contribution < 1.29 is 9.59 Å². The standard InChI is InChI=1S/C23H29N3O2/c1-16-8-10-17(11-9-16)14-25-22(27)19-5-2-4-18(12-19)15-26-23(28)20-6-3-7-21(24)13-20/h2,4-5,8-12,20-21H,3,6-7,13-15,24H2,1H3,(H,25,27)(H,26,28). The number of amides is 2. The van der Waals surface area contributed by atoms with Gasteiger partial charge in [-0.25, -0.2) is 0 Å². The van der Waals surface area contributed by atoms with Gasteiger partial charge in [-0.1, -0.05) is 48.4 Å². The van der Waals surface area contributed by atoms with E-state index in [-0.39, 0.29) is 23.8 Å². The molecule has 0 aromatic heterocycles. The van der Waals surface area contributed by atoms with Crippen molar-refractivity contribution in [2.45, 2.75) is 51.7 Å². The summed E-state index contributed by atoms with van der Waals surface area (Å²) < 4.78 is 0. The number of rotatable bonds is 6.